The number of hydrogen-bond acceptors (Lipinski definition) is 6. The molecular weight excluding hydrogens is 260 g/mol. The Hall–Kier alpha value is -2.22. The summed E-state index contributed by atoms with van der Waals surface area (Å²) in [6.45, 7) is 1.50. The molecule has 0 spiro atoms. The van der Waals surface area contributed by atoms with E-state index in [0.717, 1.165) is 0 Å². The van der Waals surface area contributed by atoms with Gasteiger partial charge >= 0.3 is 5.69 Å². The highest BCUT2D eigenvalue weighted by Crippen LogP contribution is 2.28. The molecule has 0 aromatic carbocycles. The van der Waals surface area contributed by atoms with Crippen LogP contribution in [-0.2, 0) is 7.05 Å². The van der Waals surface area contributed by atoms with E-state index in [4.69, 9.17) is 11.6 Å². The van der Waals surface area contributed by atoms with Crippen LogP contribution < -0.4 is 5.32 Å². The lowest BCUT2D eigenvalue weighted by Gasteiger charge is -2.05. The first kappa shape index (κ1) is 12.2. The third-order valence-corrected chi connectivity index (χ3v) is 2.34. The van der Waals surface area contributed by atoms with Gasteiger partial charge in [0.2, 0.25) is 11.1 Å². The molecule has 2 rings (SSSR count). The summed E-state index contributed by atoms with van der Waals surface area (Å²) in [4.78, 5) is 18.0. The van der Waals surface area contributed by atoms with Crippen LogP contribution in [-0.4, -0.2) is 24.7 Å². The molecule has 0 saturated carbocycles. The first-order valence-corrected chi connectivity index (χ1v) is 5.30. The molecule has 0 radical (unpaired) electrons. The number of halogens is 1. The van der Waals surface area contributed by atoms with Crippen LogP contribution in [0.15, 0.2) is 12.3 Å². The van der Waals surface area contributed by atoms with Gasteiger partial charge in [-0.2, -0.15) is 10.1 Å². The van der Waals surface area contributed by atoms with E-state index in [2.05, 4.69) is 20.4 Å². The average Bonchev–Trinajstić information content (AvgIpc) is 2.62. The maximum Gasteiger partial charge on any atom is 0.332 e. The summed E-state index contributed by atoms with van der Waals surface area (Å²) in [6.07, 6.45) is 1.70. The number of aryl methyl sites for hydroxylation is 2. The second kappa shape index (κ2) is 4.57. The smallest absolute Gasteiger partial charge is 0.318 e. The molecule has 0 fully saturated rings. The Balaban J connectivity index is 2.45. The molecule has 9 heteroatoms. The minimum atomic E-state index is -0.559. The molecule has 2 aromatic rings. The van der Waals surface area contributed by atoms with Crippen molar-refractivity contribution in [1.82, 2.24) is 19.7 Å². The van der Waals surface area contributed by atoms with Crippen molar-refractivity contribution in [3.8, 4) is 0 Å². The van der Waals surface area contributed by atoms with E-state index in [-0.39, 0.29) is 22.5 Å². The topological polar surface area (TPSA) is 98.8 Å². The molecule has 0 aliphatic heterocycles. The lowest BCUT2D eigenvalue weighted by atomic mass is 10.3. The Morgan fingerprint density at radius 1 is 1.50 bits per heavy atom. The van der Waals surface area contributed by atoms with E-state index in [0.29, 0.717) is 5.82 Å². The molecule has 0 aliphatic carbocycles. The zero-order chi connectivity index (χ0) is 13.3. The number of nitrogens with zero attached hydrogens (tertiary/aromatic N) is 5. The monoisotopic (exact) mass is 268 g/mol. The summed E-state index contributed by atoms with van der Waals surface area (Å²) in [5.74, 6) is 0.464. The van der Waals surface area contributed by atoms with E-state index in [1.165, 1.54) is 6.92 Å². The highest BCUT2D eigenvalue weighted by Gasteiger charge is 2.22. The van der Waals surface area contributed by atoms with Crippen molar-refractivity contribution >= 4 is 28.9 Å². The van der Waals surface area contributed by atoms with Crippen molar-refractivity contribution in [2.45, 2.75) is 6.92 Å². The highest BCUT2D eigenvalue weighted by atomic mass is 35.5. The minimum Gasteiger partial charge on any atom is -0.318 e. The van der Waals surface area contributed by atoms with Crippen LogP contribution in [0.2, 0.25) is 5.28 Å². The van der Waals surface area contributed by atoms with Gasteiger partial charge in [-0.05, 0) is 18.5 Å². The van der Waals surface area contributed by atoms with Gasteiger partial charge in [0.15, 0.2) is 5.82 Å². The number of anilines is 2. The van der Waals surface area contributed by atoms with Crippen molar-refractivity contribution < 1.29 is 4.92 Å². The molecular formula is C9H9ClN6O2. The largest absolute Gasteiger partial charge is 0.332 e. The van der Waals surface area contributed by atoms with Crippen molar-refractivity contribution in [2.75, 3.05) is 5.32 Å². The first-order valence-electron chi connectivity index (χ1n) is 4.92. The molecule has 2 heterocycles. The molecule has 8 nitrogen and oxygen atoms in total. The van der Waals surface area contributed by atoms with E-state index >= 15 is 0 Å². The molecule has 1 N–H and O–H groups in total. The third kappa shape index (κ3) is 2.38. The summed E-state index contributed by atoms with van der Waals surface area (Å²) in [7, 11) is 1.73. The van der Waals surface area contributed by atoms with Crippen LogP contribution in [0, 0.1) is 17.0 Å². The molecule has 18 heavy (non-hydrogen) atoms. The van der Waals surface area contributed by atoms with E-state index in [1.807, 2.05) is 0 Å². The third-order valence-electron chi connectivity index (χ3n) is 2.17. The van der Waals surface area contributed by atoms with E-state index in [1.54, 1.807) is 24.0 Å². The number of nitro groups is 1. The van der Waals surface area contributed by atoms with Crippen molar-refractivity contribution in [3.63, 3.8) is 0 Å². The summed E-state index contributed by atoms with van der Waals surface area (Å²) < 4.78 is 1.56. The van der Waals surface area contributed by atoms with Gasteiger partial charge in [0, 0.05) is 19.3 Å². The van der Waals surface area contributed by atoms with Gasteiger partial charge in [0.1, 0.15) is 5.69 Å². The van der Waals surface area contributed by atoms with Crippen molar-refractivity contribution in [2.24, 2.45) is 7.05 Å². The Kier molecular flexibility index (Phi) is 3.11. The molecule has 0 saturated heterocycles. The van der Waals surface area contributed by atoms with Crippen molar-refractivity contribution in [3.05, 3.63) is 33.4 Å². The second-order valence-electron chi connectivity index (χ2n) is 3.53. The Morgan fingerprint density at radius 2 is 2.22 bits per heavy atom. The summed E-state index contributed by atoms with van der Waals surface area (Å²) in [5, 5.41) is 17.7. The maximum absolute atomic E-state index is 11.0. The second-order valence-corrected chi connectivity index (χ2v) is 3.87. The fourth-order valence-electron chi connectivity index (χ4n) is 1.44. The normalized spacial score (nSPS) is 10.4. The SMILES string of the molecule is Cc1nc(Cl)nc(Nc2ccn(C)n2)c1[N+](=O)[O-]. The number of hydrogen-bond donors (Lipinski definition) is 1. The predicted molar refractivity (Wildman–Crippen MR) is 64.9 cm³/mol. The summed E-state index contributed by atoms with van der Waals surface area (Å²) in [5.41, 5.74) is -0.0246. The first-order chi connectivity index (χ1) is 8.47. The van der Waals surface area contributed by atoms with Crippen LogP contribution in [0.3, 0.4) is 0 Å². The van der Waals surface area contributed by atoms with Crippen LogP contribution in [0.4, 0.5) is 17.3 Å². The number of rotatable bonds is 3. The van der Waals surface area contributed by atoms with Crippen molar-refractivity contribution in [1.29, 1.82) is 0 Å². The van der Waals surface area contributed by atoms with Gasteiger partial charge in [-0.3, -0.25) is 14.8 Å². The maximum atomic E-state index is 11.0. The Bertz CT molecular complexity index is 611. The van der Waals surface area contributed by atoms with E-state index in [9.17, 15) is 10.1 Å². The van der Waals surface area contributed by atoms with Crippen LogP contribution in [0.1, 0.15) is 5.69 Å². The highest BCUT2D eigenvalue weighted by molar-refractivity contribution is 6.28. The van der Waals surface area contributed by atoms with Gasteiger partial charge in [-0.25, -0.2) is 4.98 Å². The minimum absolute atomic E-state index is 0.0243. The molecule has 0 unspecified atom stereocenters. The Labute approximate surface area is 107 Å². The molecule has 0 bridgehead atoms. The van der Waals surface area contributed by atoms with Gasteiger partial charge < -0.3 is 5.32 Å². The summed E-state index contributed by atoms with van der Waals surface area (Å²) >= 11 is 5.69. The molecule has 94 valence electrons. The zero-order valence-electron chi connectivity index (χ0n) is 9.59. The van der Waals surface area contributed by atoms with Gasteiger partial charge in [-0.15, -0.1) is 0 Å². The van der Waals surface area contributed by atoms with Crippen LogP contribution in [0.25, 0.3) is 0 Å². The fraction of sp³-hybridized carbons (Fsp3) is 0.222. The van der Waals surface area contributed by atoms with Crippen LogP contribution in [0.5, 0.6) is 0 Å². The predicted octanol–water partition coefficient (Wildman–Crippen LogP) is 1.82. The summed E-state index contributed by atoms with van der Waals surface area (Å²) in [6, 6.07) is 1.66. The fourth-order valence-corrected chi connectivity index (χ4v) is 1.65. The molecule has 0 aliphatic rings. The molecule has 2 aromatic heterocycles. The quantitative estimate of drug-likeness (QED) is 0.518. The number of nitrogens with one attached hydrogen (secondary N) is 1. The van der Waals surface area contributed by atoms with Gasteiger partial charge in [0.05, 0.1) is 4.92 Å². The van der Waals surface area contributed by atoms with Gasteiger partial charge in [-0.1, -0.05) is 0 Å². The Morgan fingerprint density at radius 3 is 2.78 bits per heavy atom. The standard InChI is InChI=1S/C9H9ClN6O2/c1-5-7(16(17)18)8(13-9(10)11-5)12-6-3-4-15(2)14-6/h3-4H,1-2H3,(H,11,12,13,14). The molecule has 0 amide bonds. The lowest BCUT2D eigenvalue weighted by molar-refractivity contribution is -0.385. The van der Waals surface area contributed by atoms with Gasteiger partial charge in [0.25, 0.3) is 0 Å². The molecule has 0 atom stereocenters. The number of aromatic nitrogens is 4. The van der Waals surface area contributed by atoms with E-state index < -0.39 is 4.92 Å². The average molecular weight is 269 g/mol. The van der Waals surface area contributed by atoms with Crippen LogP contribution >= 0.6 is 11.6 Å². The zero-order valence-corrected chi connectivity index (χ0v) is 10.3. The lowest BCUT2D eigenvalue weighted by Crippen LogP contribution is -2.04.